The molecule has 2 N–H and O–H groups in total. The van der Waals surface area contributed by atoms with Crippen LogP contribution in [0.3, 0.4) is 0 Å². The van der Waals surface area contributed by atoms with E-state index in [1.165, 1.54) is 63.5 Å². The van der Waals surface area contributed by atoms with Crippen molar-refractivity contribution in [1.82, 2.24) is 9.97 Å². The highest BCUT2D eigenvalue weighted by molar-refractivity contribution is 14.1. The third-order valence-electron chi connectivity index (χ3n) is 4.63. The maximum atomic E-state index is 6.14. The molecular weight excluding hydrogens is 349 g/mol. The summed E-state index contributed by atoms with van der Waals surface area (Å²) in [5, 5.41) is 0. The number of nitrogens with zero attached hydrogens (tertiary/aromatic N) is 2. The van der Waals surface area contributed by atoms with Crippen LogP contribution in [-0.4, -0.2) is 9.97 Å². The minimum Gasteiger partial charge on any atom is -0.383 e. The molecule has 104 valence electrons. The van der Waals surface area contributed by atoms with Crippen LogP contribution in [0.1, 0.15) is 81.1 Å². The van der Waals surface area contributed by atoms with Gasteiger partial charge in [0.05, 0.1) is 9.26 Å². The average Bonchev–Trinajstić information content (AvgIpc) is 2.96. The number of hydrogen-bond acceptors (Lipinski definition) is 3. The highest BCUT2D eigenvalue weighted by atomic mass is 127. The number of anilines is 1. The SMILES string of the molecule is Nc1nc(C2CCCCC2)nc(C2CCCC2)c1I. The summed E-state index contributed by atoms with van der Waals surface area (Å²) >= 11 is 2.33. The Balaban J connectivity index is 1.92. The van der Waals surface area contributed by atoms with Crippen molar-refractivity contribution in [2.24, 2.45) is 0 Å². The van der Waals surface area contributed by atoms with Gasteiger partial charge in [0.1, 0.15) is 11.6 Å². The van der Waals surface area contributed by atoms with E-state index in [0.717, 1.165) is 9.39 Å². The lowest BCUT2D eigenvalue weighted by molar-refractivity contribution is 0.427. The van der Waals surface area contributed by atoms with Crippen molar-refractivity contribution in [1.29, 1.82) is 0 Å². The van der Waals surface area contributed by atoms with E-state index >= 15 is 0 Å². The molecule has 2 fully saturated rings. The summed E-state index contributed by atoms with van der Waals surface area (Å²) in [6.45, 7) is 0. The maximum Gasteiger partial charge on any atom is 0.140 e. The molecule has 3 rings (SSSR count). The van der Waals surface area contributed by atoms with Crippen molar-refractivity contribution < 1.29 is 0 Å². The Hall–Kier alpha value is -0.390. The predicted octanol–water partition coefficient (Wildman–Crippen LogP) is 4.37. The molecule has 1 heterocycles. The summed E-state index contributed by atoms with van der Waals surface area (Å²) < 4.78 is 1.10. The summed E-state index contributed by atoms with van der Waals surface area (Å²) in [5.74, 6) is 2.91. The summed E-state index contributed by atoms with van der Waals surface area (Å²) in [6, 6.07) is 0. The standard InChI is InChI=1S/C15H22IN3/c16-12-13(10-6-4-5-7-10)18-15(19-14(12)17)11-8-2-1-3-9-11/h10-11H,1-9H2,(H2,17,18,19). The van der Waals surface area contributed by atoms with Gasteiger partial charge in [-0.05, 0) is 48.3 Å². The van der Waals surface area contributed by atoms with E-state index < -0.39 is 0 Å². The van der Waals surface area contributed by atoms with Gasteiger partial charge in [-0.15, -0.1) is 0 Å². The molecule has 2 saturated carbocycles. The lowest BCUT2D eigenvalue weighted by atomic mass is 9.88. The van der Waals surface area contributed by atoms with Gasteiger partial charge < -0.3 is 5.73 Å². The van der Waals surface area contributed by atoms with Crippen LogP contribution in [-0.2, 0) is 0 Å². The number of nitrogen functional groups attached to an aromatic ring is 1. The van der Waals surface area contributed by atoms with Crippen LogP contribution in [0.25, 0.3) is 0 Å². The van der Waals surface area contributed by atoms with Crippen LogP contribution in [0, 0.1) is 3.57 Å². The quantitative estimate of drug-likeness (QED) is 0.786. The van der Waals surface area contributed by atoms with Crippen LogP contribution in [0.4, 0.5) is 5.82 Å². The Morgan fingerprint density at radius 3 is 2.11 bits per heavy atom. The number of rotatable bonds is 2. The number of hydrogen-bond donors (Lipinski definition) is 1. The second-order valence-corrected chi connectivity index (χ2v) is 7.06. The minimum absolute atomic E-state index is 0.549. The zero-order valence-corrected chi connectivity index (χ0v) is 13.5. The normalized spacial score (nSPS) is 21.9. The van der Waals surface area contributed by atoms with Crippen molar-refractivity contribution >= 4 is 28.4 Å². The molecule has 1 aromatic rings. The Morgan fingerprint density at radius 1 is 0.842 bits per heavy atom. The summed E-state index contributed by atoms with van der Waals surface area (Å²) in [6.07, 6.45) is 11.7. The Kier molecular flexibility index (Phi) is 4.24. The van der Waals surface area contributed by atoms with Crippen LogP contribution in [0.5, 0.6) is 0 Å². The highest BCUT2D eigenvalue weighted by Crippen LogP contribution is 2.38. The van der Waals surface area contributed by atoms with Gasteiger partial charge in [-0.2, -0.15) is 0 Å². The fourth-order valence-corrected chi connectivity index (χ4v) is 4.20. The molecule has 2 aliphatic rings. The fraction of sp³-hybridized carbons (Fsp3) is 0.733. The largest absolute Gasteiger partial charge is 0.383 e. The van der Waals surface area contributed by atoms with Gasteiger partial charge in [0.2, 0.25) is 0 Å². The molecule has 0 radical (unpaired) electrons. The van der Waals surface area contributed by atoms with Gasteiger partial charge in [0, 0.05) is 11.8 Å². The number of halogens is 1. The summed E-state index contributed by atoms with van der Waals surface area (Å²) in [4.78, 5) is 9.53. The molecular formula is C15H22IN3. The zero-order valence-electron chi connectivity index (χ0n) is 11.4. The molecule has 2 aliphatic carbocycles. The van der Waals surface area contributed by atoms with E-state index in [9.17, 15) is 0 Å². The van der Waals surface area contributed by atoms with Gasteiger partial charge >= 0.3 is 0 Å². The first-order valence-corrected chi connectivity index (χ1v) is 8.66. The van der Waals surface area contributed by atoms with E-state index in [1.807, 2.05) is 0 Å². The molecule has 4 heteroatoms. The van der Waals surface area contributed by atoms with Crippen molar-refractivity contribution in [2.45, 2.75) is 69.6 Å². The Bertz CT molecular complexity index is 449. The van der Waals surface area contributed by atoms with Gasteiger partial charge in [-0.3, -0.25) is 0 Å². The smallest absolute Gasteiger partial charge is 0.140 e. The molecule has 0 atom stereocenters. The van der Waals surface area contributed by atoms with Gasteiger partial charge in [-0.25, -0.2) is 9.97 Å². The molecule has 0 unspecified atom stereocenters. The summed E-state index contributed by atoms with van der Waals surface area (Å²) in [5.41, 5.74) is 7.38. The third-order valence-corrected chi connectivity index (χ3v) is 5.74. The molecule has 0 bridgehead atoms. The molecule has 19 heavy (non-hydrogen) atoms. The Labute approximate surface area is 128 Å². The predicted molar refractivity (Wildman–Crippen MR) is 86.2 cm³/mol. The average molecular weight is 371 g/mol. The van der Waals surface area contributed by atoms with Crippen LogP contribution in [0.15, 0.2) is 0 Å². The van der Waals surface area contributed by atoms with E-state index in [1.54, 1.807) is 0 Å². The first-order chi connectivity index (χ1) is 9.25. The maximum absolute atomic E-state index is 6.14. The van der Waals surface area contributed by atoms with Crippen molar-refractivity contribution in [2.75, 3.05) is 5.73 Å². The van der Waals surface area contributed by atoms with E-state index in [2.05, 4.69) is 27.6 Å². The third kappa shape index (κ3) is 2.88. The second-order valence-electron chi connectivity index (χ2n) is 5.98. The fourth-order valence-electron chi connectivity index (χ4n) is 3.51. The van der Waals surface area contributed by atoms with E-state index in [-0.39, 0.29) is 0 Å². The Morgan fingerprint density at radius 2 is 1.42 bits per heavy atom. The molecule has 0 spiro atoms. The number of nitrogens with two attached hydrogens (primary N) is 1. The minimum atomic E-state index is 0.549. The van der Waals surface area contributed by atoms with Crippen molar-refractivity contribution in [3.8, 4) is 0 Å². The first-order valence-electron chi connectivity index (χ1n) is 7.58. The molecule has 0 aliphatic heterocycles. The van der Waals surface area contributed by atoms with Crippen LogP contribution in [0.2, 0.25) is 0 Å². The number of aromatic nitrogens is 2. The lowest BCUT2D eigenvalue weighted by Gasteiger charge is -2.22. The monoisotopic (exact) mass is 371 g/mol. The van der Waals surface area contributed by atoms with Crippen molar-refractivity contribution in [3.63, 3.8) is 0 Å². The molecule has 1 aromatic heterocycles. The summed E-state index contributed by atoms with van der Waals surface area (Å²) in [7, 11) is 0. The topological polar surface area (TPSA) is 51.8 Å². The molecule has 3 nitrogen and oxygen atoms in total. The lowest BCUT2D eigenvalue weighted by Crippen LogP contribution is -2.14. The highest BCUT2D eigenvalue weighted by Gasteiger charge is 2.26. The van der Waals surface area contributed by atoms with E-state index in [4.69, 9.17) is 10.7 Å². The molecule has 0 aromatic carbocycles. The van der Waals surface area contributed by atoms with E-state index in [0.29, 0.717) is 17.7 Å². The molecule has 0 saturated heterocycles. The molecule has 0 amide bonds. The van der Waals surface area contributed by atoms with Gasteiger partial charge in [-0.1, -0.05) is 32.1 Å². The second kappa shape index (κ2) is 5.94. The van der Waals surface area contributed by atoms with Crippen LogP contribution < -0.4 is 5.73 Å². The first kappa shape index (κ1) is 13.6. The van der Waals surface area contributed by atoms with Gasteiger partial charge in [0.25, 0.3) is 0 Å². The van der Waals surface area contributed by atoms with Crippen LogP contribution >= 0.6 is 22.6 Å². The van der Waals surface area contributed by atoms with Gasteiger partial charge in [0.15, 0.2) is 0 Å². The van der Waals surface area contributed by atoms with Crippen molar-refractivity contribution in [3.05, 3.63) is 15.1 Å². The zero-order chi connectivity index (χ0) is 13.2.